The fourth-order valence-electron chi connectivity index (χ4n) is 4.12. The van der Waals surface area contributed by atoms with Gasteiger partial charge in [0.15, 0.2) is 0 Å². The predicted octanol–water partition coefficient (Wildman–Crippen LogP) is 4.64. The summed E-state index contributed by atoms with van der Waals surface area (Å²) in [7, 11) is 1.54. The molecule has 4 rings (SSSR count). The number of ether oxygens (including phenoxy) is 2. The van der Waals surface area contributed by atoms with Crippen LogP contribution in [-0.4, -0.2) is 42.0 Å². The molecule has 0 radical (unpaired) electrons. The number of amides is 1. The molecule has 0 spiro atoms. The fraction of sp³-hybridized carbons (Fsp3) is 0.214. The second-order valence-corrected chi connectivity index (χ2v) is 8.20. The topological polar surface area (TPSA) is 76.1 Å². The molecular formula is C28H27NO5. The number of likely N-dealkylation sites (tertiary alicyclic amines) is 1. The van der Waals surface area contributed by atoms with Crippen molar-refractivity contribution in [3.05, 3.63) is 107 Å². The van der Waals surface area contributed by atoms with Crippen molar-refractivity contribution in [3.63, 3.8) is 0 Å². The van der Waals surface area contributed by atoms with E-state index in [1.165, 1.54) is 12.0 Å². The van der Waals surface area contributed by atoms with Crippen LogP contribution < -0.4 is 4.74 Å². The van der Waals surface area contributed by atoms with Crippen LogP contribution in [0, 0.1) is 6.92 Å². The summed E-state index contributed by atoms with van der Waals surface area (Å²) >= 11 is 0. The molecule has 34 heavy (non-hydrogen) atoms. The summed E-state index contributed by atoms with van der Waals surface area (Å²) in [5, 5.41) is 11.1. The summed E-state index contributed by atoms with van der Waals surface area (Å²) in [6, 6.07) is 23.5. The number of benzene rings is 3. The van der Waals surface area contributed by atoms with Crippen LogP contribution in [0.2, 0.25) is 0 Å². The Balaban J connectivity index is 1.62. The predicted molar refractivity (Wildman–Crippen MR) is 129 cm³/mol. The number of hydrogen-bond acceptors (Lipinski definition) is 5. The Bertz CT molecular complexity index is 1200. The van der Waals surface area contributed by atoms with Crippen molar-refractivity contribution in [2.24, 2.45) is 0 Å². The third kappa shape index (κ3) is 4.87. The number of carbonyl (C=O) groups excluding carboxylic acids is 2. The van der Waals surface area contributed by atoms with Gasteiger partial charge in [-0.05, 0) is 42.3 Å². The number of carbonyl (C=O) groups is 2. The van der Waals surface area contributed by atoms with Gasteiger partial charge in [-0.15, -0.1) is 0 Å². The molecule has 1 N–H and O–H groups in total. The molecular weight excluding hydrogens is 430 g/mol. The maximum Gasteiger partial charge on any atom is 0.295 e. The number of methoxy groups -OCH3 is 1. The van der Waals surface area contributed by atoms with Crippen LogP contribution in [0.3, 0.4) is 0 Å². The van der Waals surface area contributed by atoms with Crippen LogP contribution in [0.1, 0.15) is 28.3 Å². The van der Waals surface area contributed by atoms with Gasteiger partial charge in [0, 0.05) is 19.2 Å². The third-order valence-corrected chi connectivity index (χ3v) is 5.81. The van der Waals surface area contributed by atoms with Crippen molar-refractivity contribution >= 4 is 17.4 Å². The lowest BCUT2D eigenvalue weighted by atomic mass is 9.95. The van der Waals surface area contributed by atoms with Crippen LogP contribution in [-0.2, 0) is 20.9 Å². The molecule has 6 nitrogen and oxygen atoms in total. The molecule has 1 fully saturated rings. The number of hydrogen-bond donors (Lipinski definition) is 1. The molecule has 6 heteroatoms. The van der Waals surface area contributed by atoms with Crippen molar-refractivity contribution in [2.75, 3.05) is 20.3 Å². The number of aryl methyl sites for hydroxylation is 1. The van der Waals surface area contributed by atoms with Crippen molar-refractivity contribution in [2.45, 2.75) is 19.6 Å². The van der Waals surface area contributed by atoms with E-state index in [1.54, 1.807) is 24.3 Å². The first kappa shape index (κ1) is 23.3. The van der Waals surface area contributed by atoms with Gasteiger partial charge in [-0.3, -0.25) is 9.59 Å². The Morgan fingerprint density at radius 3 is 2.38 bits per heavy atom. The second kappa shape index (κ2) is 10.4. The molecule has 174 valence electrons. The molecule has 1 atom stereocenters. The van der Waals surface area contributed by atoms with Gasteiger partial charge in [0.2, 0.25) is 0 Å². The van der Waals surface area contributed by atoms with E-state index in [0.717, 1.165) is 16.7 Å². The highest BCUT2D eigenvalue weighted by atomic mass is 16.5. The zero-order valence-electron chi connectivity index (χ0n) is 19.2. The molecule has 3 aromatic carbocycles. The van der Waals surface area contributed by atoms with Crippen molar-refractivity contribution in [1.82, 2.24) is 4.90 Å². The average molecular weight is 458 g/mol. The molecule has 0 aliphatic carbocycles. The smallest absolute Gasteiger partial charge is 0.295 e. The molecule has 1 unspecified atom stereocenters. The zero-order valence-corrected chi connectivity index (χ0v) is 19.2. The van der Waals surface area contributed by atoms with E-state index in [-0.39, 0.29) is 24.5 Å². The van der Waals surface area contributed by atoms with E-state index < -0.39 is 17.7 Å². The van der Waals surface area contributed by atoms with E-state index >= 15 is 0 Å². The number of Topliss-reactive ketones (excluding diaryl/α,β-unsaturated/α-hetero) is 1. The Kier molecular flexibility index (Phi) is 7.09. The summed E-state index contributed by atoms with van der Waals surface area (Å²) in [5.41, 5.74) is 3.48. The van der Waals surface area contributed by atoms with Gasteiger partial charge in [-0.25, -0.2) is 0 Å². The van der Waals surface area contributed by atoms with Gasteiger partial charge in [-0.2, -0.15) is 0 Å². The normalized spacial score (nSPS) is 17.2. The average Bonchev–Trinajstić information content (AvgIpc) is 3.11. The maximum atomic E-state index is 13.0. The molecule has 1 saturated heterocycles. The highest BCUT2D eigenvalue weighted by molar-refractivity contribution is 6.46. The minimum atomic E-state index is -0.706. The number of rotatable bonds is 8. The molecule has 1 heterocycles. The lowest BCUT2D eigenvalue weighted by Gasteiger charge is -2.25. The lowest BCUT2D eigenvalue weighted by molar-refractivity contribution is -0.140. The molecule has 1 aliphatic heterocycles. The summed E-state index contributed by atoms with van der Waals surface area (Å²) < 4.78 is 11.0. The Morgan fingerprint density at radius 1 is 0.971 bits per heavy atom. The fourth-order valence-corrected chi connectivity index (χ4v) is 4.12. The van der Waals surface area contributed by atoms with Gasteiger partial charge in [0.1, 0.15) is 18.1 Å². The second-order valence-electron chi connectivity index (χ2n) is 8.20. The summed E-state index contributed by atoms with van der Waals surface area (Å²) in [6.45, 7) is 2.97. The minimum Gasteiger partial charge on any atom is -0.507 e. The highest BCUT2D eigenvalue weighted by Crippen LogP contribution is 2.39. The van der Waals surface area contributed by atoms with Crippen molar-refractivity contribution in [1.29, 1.82) is 0 Å². The van der Waals surface area contributed by atoms with Gasteiger partial charge in [-0.1, -0.05) is 60.2 Å². The van der Waals surface area contributed by atoms with Crippen LogP contribution in [0.25, 0.3) is 5.76 Å². The van der Waals surface area contributed by atoms with E-state index in [4.69, 9.17) is 9.47 Å². The molecule has 1 amide bonds. The van der Waals surface area contributed by atoms with Gasteiger partial charge in [0.05, 0.1) is 18.2 Å². The molecule has 1 aliphatic rings. The van der Waals surface area contributed by atoms with Crippen molar-refractivity contribution in [3.8, 4) is 5.75 Å². The Morgan fingerprint density at radius 2 is 1.71 bits per heavy atom. The first-order valence-electron chi connectivity index (χ1n) is 11.1. The van der Waals surface area contributed by atoms with E-state index in [9.17, 15) is 14.7 Å². The van der Waals surface area contributed by atoms with E-state index in [2.05, 4.69) is 6.07 Å². The quantitative estimate of drug-likeness (QED) is 0.303. The van der Waals surface area contributed by atoms with Crippen molar-refractivity contribution < 1.29 is 24.2 Å². The standard InChI is InChI=1S/C28H27NO5/c1-19-7-6-8-20(17-19)18-34-23-13-11-22(12-14-23)26(30)24-25(21-9-4-3-5-10-21)29(15-16-33-2)28(32)27(24)31/h3-14,17,25,30H,15-16,18H2,1-2H3/b26-24+. The first-order valence-corrected chi connectivity index (χ1v) is 11.1. The van der Waals surface area contributed by atoms with Gasteiger partial charge < -0.3 is 19.5 Å². The third-order valence-electron chi connectivity index (χ3n) is 5.81. The van der Waals surface area contributed by atoms with Crippen LogP contribution in [0.4, 0.5) is 0 Å². The summed E-state index contributed by atoms with van der Waals surface area (Å²) in [6.07, 6.45) is 0. The maximum absolute atomic E-state index is 13.0. The summed E-state index contributed by atoms with van der Waals surface area (Å²) in [5.74, 6) is -0.927. The largest absolute Gasteiger partial charge is 0.507 e. The number of aliphatic hydroxyl groups excluding tert-OH is 1. The molecule has 3 aromatic rings. The molecule has 0 aromatic heterocycles. The number of aliphatic hydroxyl groups is 1. The van der Waals surface area contributed by atoms with Crippen LogP contribution in [0.5, 0.6) is 5.75 Å². The monoisotopic (exact) mass is 457 g/mol. The van der Waals surface area contributed by atoms with Crippen LogP contribution >= 0.6 is 0 Å². The first-order chi connectivity index (χ1) is 16.5. The zero-order chi connectivity index (χ0) is 24.1. The van der Waals surface area contributed by atoms with Gasteiger partial charge >= 0.3 is 0 Å². The molecule has 0 bridgehead atoms. The minimum absolute atomic E-state index is 0.0701. The van der Waals surface area contributed by atoms with Crippen LogP contribution in [0.15, 0.2) is 84.4 Å². The van der Waals surface area contributed by atoms with E-state index in [1.807, 2.05) is 55.5 Å². The molecule has 0 saturated carbocycles. The Labute approximate surface area is 199 Å². The summed E-state index contributed by atoms with van der Waals surface area (Å²) in [4.78, 5) is 27.2. The van der Waals surface area contributed by atoms with E-state index in [0.29, 0.717) is 17.9 Å². The SMILES string of the molecule is COCCN1C(=O)C(=O)/C(=C(/O)c2ccc(OCc3cccc(C)c3)cc2)C1c1ccccc1. The lowest BCUT2D eigenvalue weighted by Crippen LogP contribution is -2.32. The Hall–Kier alpha value is -3.90. The number of ketones is 1. The number of nitrogens with zero attached hydrogens (tertiary/aromatic N) is 1. The highest BCUT2D eigenvalue weighted by Gasteiger charge is 2.45. The van der Waals surface area contributed by atoms with Gasteiger partial charge in [0.25, 0.3) is 11.7 Å².